The number of terminal acetylenes is 1. The Morgan fingerprint density at radius 2 is 1.71 bits per heavy atom. The molecule has 7 heteroatoms. The maximum absolute atomic E-state index is 12.7. The minimum Gasteiger partial charge on any atom is -0.493 e. The Hall–Kier alpha value is -3.27. The van der Waals surface area contributed by atoms with Crippen molar-refractivity contribution in [3.05, 3.63) is 29.8 Å². The largest absolute Gasteiger partial charge is 0.493 e. The molecule has 2 amide bonds. The van der Waals surface area contributed by atoms with Gasteiger partial charge in [0.05, 0.1) is 32.3 Å². The maximum Gasteiger partial charge on any atom is 0.254 e. The lowest BCUT2D eigenvalue weighted by molar-refractivity contribution is -0.140. The molecule has 1 aromatic rings. The van der Waals surface area contributed by atoms with Gasteiger partial charge in [-0.2, -0.15) is 10.1 Å². The third-order valence-electron chi connectivity index (χ3n) is 5.55. The van der Waals surface area contributed by atoms with Crippen LogP contribution in [0.25, 0.3) is 0 Å². The lowest BCUT2D eigenvalue weighted by Crippen LogP contribution is -2.28. The van der Waals surface area contributed by atoms with Gasteiger partial charge in [0.25, 0.3) is 11.8 Å². The number of rotatable bonds is 6. The number of imide groups is 1. The zero-order valence-corrected chi connectivity index (χ0v) is 15.6. The van der Waals surface area contributed by atoms with Crippen LogP contribution in [0.15, 0.2) is 29.4 Å². The number of hydrazone groups is 1. The van der Waals surface area contributed by atoms with Crippen molar-refractivity contribution in [3.63, 3.8) is 0 Å². The van der Waals surface area contributed by atoms with E-state index in [-0.39, 0.29) is 42.1 Å². The van der Waals surface area contributed by atoms with Crippen LogP contribution in [0, 0.1) is 36.0 Å². The van der Waals surface area contributed by atoms with Crippen LogP contribution in [0.4, 0.5) is 0 Å². The van der Waals surface area contributed by atoms with E-state index < -0.39 is 0 Å². The summed E-state index contributed by atoms with van der Waals surface area (Å²) in [6.07, 6.45) is 11.7. The molecule has 7 nitrogen and oxygen atoms in total. The molecule has 2 bridgehead atoms. The first-order chi connectivity index (χ1) is 13.6. The molecule has 1 saturated heterocycles. The quantitative estimate of drug-likeness (QED) is 0.326. The Labute approximate surface area is 162 Å². The molecular formula is C21H20N2O5. The number of ether oxygens (including phenoxy) is 3. The second-order valence-electron chi connectivity index (χ2n) is 6.98. The molecule has 28 heavy (non-hydrogen) atoms. The molecule has 4 atom stereocenters. The second kappa shape index (κ2) is 7.04. The second-order valence-corrected chi connectivity index (χ2v) is 6.98. The summed E-state index contributed by atoms with van der Waals surface area (Å²) in [5.41, 5.74) is 0.598. The SMILES string of the molecule is C#CCOc1c(OC)cc(C=NN2C(=O)[C@@H]3[C@H](C2=O)[C@H]2C=C[C@H]3C2)cc1OC. The number of benzene rings is 1. The molecule has 2 aliphatic carbocycles. The minimum atomic E-state index is -0.275. The molecule has 0 unspecified atom stereocenters. The summed E-state index contributed by atoms with van der Waals surface area (Å²) in [7, 11) is 2.99. The summed E-state index contributed by atoms with van der Waals surface area (Å²) in [5.74, 6) is 2.90. The highest BCUT2D eigenvalue weighted by molar-refractivity contribution is 6.06. The van der Waals surface area contributed by atoms with E-state index in [9.17, 15) is 9.59 Å². The fourth-order valence-corrected chi connectivity index (χ4v) is 4.36. The van der Waals surface area contributed by atoms with Crippen LogP contribution in [0.1, 0.15) is 12.0 Å². The van der Waals surface area contributed by atoms with E-state index in [1.807, 2.05) is 0 Å². The third kappa shape index (κ3) is 2.73. The Morgan fingerprint density at radius 1 is 1.14 bits per heavy atom. The first kappa shape index (κ1) is 18.1. The average molecular weight is 380 g/mol. The zero-order chi connectivity index (χ0) is 19.8. The van der Waals surface area contributed by atoms with Crippen LogP contribution in [0.2, 0.25) is 0 Å². The topological polar surface area (TPSA) is 77.4 Å². The summed E-state index contributed by atoms with van der Waals surface area (Å²) >= 11 is 0. The monoisotopic (exact) mass is 380 g/mol. The summed E-state index contributed by atoms with van der Waals surface area (Å²) in [4.78, 5) is 25.4. The molecule has 1 aromatic carbocycles. The van der Waals surface area contributed by atoms with Gasteiger partial charge in [-0.15, -0.1) is 6.42 Å². The van der Waals surface area contributed by atoms with Gasteiger partial charge in [0.2, 0.25) is 5.75 Å². The molecule has 144 valence electrons. The number of carbonyl (C=O) groups excluding carboxylic acids is 2. The van der Waals surface area contributed by atoms with Crippen molar-refractivity contribution in [2.75, 3.05) is 20.8 Å². The Balaban J connectivity index is 1.59. The molecule has 4 rings (SSSR count). The fraction of sp³-hybridized carbons (Fsp3) is 0.381. The van der Waals surface area contributed by atoms with Crippen molar-refractivity contribution in [2.45, 2.75) is 6.42 Å². The molecule has 0 radical (unpaired) electrons. The first-order valence-electron chi connectivity index (χ1n) is 9.01. The fourth-order valence-electron chi connectivity index (χ4n) is 4.36. The van der Waals surface area contributed by atoms with Crippen molar-refractivity contribution in [1.29, 1.82) is 0 Å². The Morgan fingerprint density at radius 3 is 2.21 bits per heavy atom. The van der Waals surface area contributed by atoms with Crippen LogP contribution in [0.3, 0.4) is 0 Å². The molecule has 0 spiro atoms. The van der Waals surface area contributed by atoms with Crippen LogP contribution < -0.4 is 14.2 Å². The summed E-state index contributed by atoms with van der Waals surface area (Å²) in [6, 6.07) is 3.35. The first-order valence-corrected chi connectivity index (χ1v) is 9.01. The van der Waals surface area contributed by atoms with Crippen molar-refractivity contribution in [1.82, 2.24) is 5.01 Å². The van der Waals surface area contributed by atoms with E-state index in [1.54, 1.807) is 12.1 Å². The number of amides is 2. The van der Waals surface area contributed by atoms with Gasteiger partial charge in [-0.3, -0.25) is 9.59 Å². The van der Waals surface area contributed by atoms with Crippen LogP contribution >= 0.6 is 0 Å². The highest BCUT2D eigenvalue weighted by atomic mass is 16.5. The van der Waals surface area contributed by atoms with Gasteiger partial charge in [-0.25, -0.2) is 0 Å². The smallest absolute Gasteiger partial charge is 0.254 e. The van der Waals surface area contributed by atoms with Crippen molar-refractivity contribution in [2.24, 2.45) is 28.8 Å². The van der Waals surface area contributed by atoms with Gasteiger partial charge in [-0.1, -0.05) is 18.1 Å². The van der Waals surface area contributed by atoms with Gasteiger partial charge < -0.3 is 14.2 Å². The minimum absolute atomic E-state index is 0.0656. The third-order valence-corrected chi connectivity index (χ3v) is 5.55. The number of carbonyl (C=O) groups is 2. The van der Waals surface area contributed by atoms with E-state index in [4.69, 9.17) is 20.6 Å². The normalized spacial score (nSPS) is 27.4. The molecule has 0 N–H and O–H groups in total. The van der Waals surface area contributed by atoms with E-state index in [2.05, 4.69) is 23.2 Å². The lowest BCUT2D eigenvalue weighted by atomic mass is 9.85. The van der Waals surface area contributed by atoms with Gasteiger partial charge in [0.15, 0.2) is 11.5 Å². The standard InChI is InChI=1S/C21H20N2O5/c1-4-7-28-19-15(26-2)8-12(9-16(19)27-3)11-22-23-20(24)17-13-5-6-14(10-13)18(17)21(23)25/h1,5-6,8-9,11,13-14,17-18H,7,10H2,2-3H3/t13-,14-,17-,18+/m0/s1. The summed E-state index contributed by atoms with van der Waals surface area (Å²) in [5, 5.41) is 5.18. The van der Waals surface area contributed by atoms with E-state index in [0.29, 0.717) is 22.8 Å². The highest BCUT2D eigenvalue weighted by Crippen LogP contribution is 2.52. The molecule has 3 aliphatic rings. The summed E-state index contributed by atoms with van der Waals surface area (Å²) < 4.78 is 16.2. The predicted octanol–water partition coefficient (Wildman–Crippen LogP) is 1.86. The number of fused-ring (bicyclic) bond motifs is 5. The van der Waals surface area contributed by atoms with Gasteiger partial charge in [0, 0.05) is 5.56 Å². The van der Waals surface area contributed by atoms with Crippen molar-refractivity contribution >= 4 is 18.0 Å². The molecule has 1 aliphatic heterocycles. The summed E-state index contributed by atoms with van der Waals surface area (Å²) in [6.45, 7) is 0.0656. The average Bonchev–Trinajstić information content (AvgIpc) is 3.39. The van der Waals surface area contributed by atoms with Gasteiger partial charge in [-0.05, 0) is 30.4 Å². The van der Waals surface area contributed by atoms with Gasteiger partial charge in [0.1, 0.15) is 6.61 Å². The number of methoxy groups -OCH3 is 2. The number of nitrogens with zero attached hydrogens (tertiary/aromatic N) is 2. The van der Waals surface area contributed by atoms with E-state index in [1.165, 1.54) is 20.4 Å². The number of allylic oxidation sites excluding steroid dienone is 2. The van der Waals surface area contributed by atoms with E-state index in [0.717, 1.165) is 11.4 Å². The molecule has 1 saturated carbocycles. The zero-order valence-electron chi connectivity index (χ0n) is 15.6. The highest BCUT2D eigenvalue weighted by Gasteiger charge is 2.59. The Kier molecular flexibility index (Phi) is 4.55. The number of hydrogen-bond donors (Lipinski definition) is 0. The maximum atomic E-state index is 12.7. The van der Waals surface area contributed by atoms with Crippen LogP contribution in [-0.4, -0.2) is 43.9 Å². The van der Waals surface area contributed by atoms with Gasteiger partial charge >= 0.3 is 0 Å². The predicted molar refractivity (Wildman–Crippen MR) is 101 cm³/mol. The molecule has 0 aromatic heterocycles. The Bertz CT molecular complexity index is 874. The molecular weight excluding hydrogens is 360 g/mol. The van der Waals surface area contributed by atoms with E-state index >= 15 is 0 Å². The number of hydrogen-bond acceptors (Lipinski definition) is 6. The van der Waals surface area contributed by atoms with Crippen LogP contribution in [0.5, 0.6) is 17.2 Å². The molecule has 1 heterocycles. The molecule has 2 fully saturated rings. The van der Waals surface area contributed by atoms with Crippen LogP contribution in [-0.2, 0) is 9.59 Å². The lowest BCUT2D eigenvalue weighted by Gasteiger charge is -2.14. The van der Waals surface area contributed by atoms with Crippen molar-refractivity contribution in [3.8, 4) is 29.6 Å². The van der Waals surface area contributed by atoms with Crippen molar-refractivity contribution < 1.29 is 23.8 Å².